The standard InChI is InChI=1S/C24H22ClF3N2O2/c25-17-4-6-18(7-5-17)30-23(31)13-15-1-8-19(9-2-15)32-22-11-12-29-21-10-3-16(14-20(21)22)24(26,27)28/h3-7,10-12,14-15,19H,1-2,8-9,13H2,(H,30,31). The molecule has 0 spiro atoms. The van der Waals surface area contributed by atoms with E-state index in [0.717, 1.165) is 37.8 Å². The number of carbonyl (C=O) groups excluding carboxylic acids is 1. The quantitative estimate of drug-likeness (QED) is 0.450. The summed E-state index contributed by atoms with van der Waals surface area (Å²) in [5.74, 6) is 0.606. The largest absolute Gasteiger partial charge is 0.490 e. The Kier molecular flexibility index (Phi) is 6.55. The van der Waals surface area contributed by atoms with Crippen LogP contribution in [0, 0.1) is 5.92 Å². The molecule has 4 nitrogen and oxygen atoms in total. The van der Waals surface area contributed by atoms with Crippen molar-refractivity contribution in [1.82, 2.24) is 4.98 Å². The number of pyridine rings is 1. The highest BCUT2D eigenvalue weighted by atomic mass is 35.5. The highest BCUT2D eigenvalue weighted by molar-refractivity contribution is 6.30. The van der Waals surface area contributed by atoms with Gasteiger partial charge in [0.2, 0.25) is 5.91 Å². The van der Waals surface area contributed by atoms with E-state index in [1.54, 1.807) is 30.3 Å². The number of nitrogens with one attached hydrogen (secondary N) is 1. The first-order valence-corrected chi connectivity index (χ1v) is 10.8. The molecule has 1 amide bonds. The van der Waals surface area contributed by atoms with E-state index in [9.17, 15) is 18.0 Å². The molecular formula is C24H22ClF3N2O2. The number of halogens is 4. The molecule has 32 heavy (non-hydrogen) atoms. The molecule has 0 saturated heterocycles. The molecule has 1 aromatic heterocycles. The third-order valence-electron chi connectivity index (χ3n) is 5.72. The first-order valence-electron chi connectivity index (χ1n) is 10.5. The molecular weight excluding hydrogens is 441 g/mol. The van der Waals surface area contributed by atoms with Crippen molar-refractivity contribution >= 4 is 34.1 Å². The van der Waals surface area contributed by atoms with Gasteiger partial charge in [0.1, 0.15) is 5.75 Å². The van der Waals surface area contributed by atoms with Gasteiger partial charge in [-0.3, -0.25) is 9.78 Å². The number of anilines is 1. The maximum absolute atomic E-state index is 13.1. The molecule has 168 valence electrons. The van der Waals surface area contributed by atoms with Crippen LogP contribution in [0.2, 0.25) is 5.02 Å². The lowest BCUT2D eigenvalue weighted by molar-refractivity contribution is -0.137. The van der Waals surface area contributed by atoms with E-state index in [2.05, 4.69) is 10.3 Å². The van der Waals surface area contributed by atoms with Gasteiger partial charge in [0.15, 0.2) is 0 Å². The van der Waals surface area contributed by atoms with Crippen LogP contribution in [0.25, 0.3) is 10.9 Å². The van der Waals surface area contributed by atoms with Crippen LogP contribution in [0.3, 0.4) is 0 Å². The zero-order valence-electron chi connectivity index (χ0n) is 17.2. The first-order chi connectivity index (χ1) is 15.3. The van der Waals surface area contributed by atoms with E-state index in [1.807, 2.05) is 0 Å². The van der Waals surface area contributed by atoms with E-state index in [4.69, 9.17) is 16.3 Å². The fraction of sp³-hybridized carbons (Fsp3) is 0.333. The lowest BCUT2D eigenvalue weighted by atomic mass is 9.85. The minimum absolute atomic E-state index is 0.0449. The third kappa shape index (κ3) is 5.51. The van der Waals surface area contributed by atoms with Gasteiger partial charge >= 0.3 is 6.18 Å². The van der Waals surface area contributed by atoms with Crippen molar-refractivity contribution in [3.63, 3.8) is 0 Å². The summed E-state index contributed by atoms with van der Waals surface area (Å²) in [4.78, 5) is 16.5. The number of hydrogen-bond donors (Lipinski definition) is 1. The maximum Gasteiger partial charge on any atom is 0.416 e. The molecule has 1 heterocycles. The number of carbonyl (C=O) groups is 1. The second kappa shape index (κ2) is 9.36. The minimum Gasteiger partial charge on any atom is -0.490 e. The summed E-state index contributed by atoms with van der Waals surface area (Å²) in [6, 6.07) is 12.0. The third-order valence-corrected chi connectivity index (χ3v) is 5.97. The Bertz CT molecular complexity index is 1090. The second-order valence-corrected chi connectivity index (χ2v) is 8.49. The van der Waals surface area contributed by atoms with Crippen molar-refractivity contribution in [3.8, 4) is 5.75 Å². The van der Waals surface area contributed by atoms with E-state index in [-0.39, 0.29) is 17.9 Å². The van der Waals surface area contributed by atoms with Crippen molar-refractivity contribution in [2.24, 2.45) is 5.92 Å². The lowest BCUT2D eigenvalue weighted by Crippen LogP contribution is -2.26. The van der Waals surface area contributed by atoms with Crippen LogP contribution in [-0.4, -0.2) is 17.0 Å². The number of nitrogens with zero attached hydrogens (tertiary/aromatic N) is 1. The number of fused-ring (bicyclic) bond motifs is 1. The van der Waals surface area contributed by atoms with Gasteiger partial charge in [0.05, 0.1) is 17.2 Å². The molecule has 1 aliphatic rings. The Morgan fingerprint density at radius 2 is 1.78 bits per heavy atom. The average molecular weight is 463 g/mol. The number of benzene rings is 2. The molecule has 8 heteroatoms. The highest BCUT2D eigenvalue weighted by Gasteiger charge is 2.31. The van der Waals surface area contributed by atoms with Crippen LogP contribution >= 0.6 is 11.6 Å². The van der Waals surface area contributed by atoms with Gasteiger partial charge in [-0.25, -0.2) is 0 Å². The molecule has 0 bridgehead atoms. The molecule has 0 radical (unpaired) electrons. The van der Waals surface area contributed by atoms with Gasteiger partial charge < -0.3 is 10.1 Å². The summed E-state index contributed by atoms with van der Waals surface area (Å²) in [7, 11) is 0. The number of amides is 1. The first kappa shape index (κ1) is 22.4. The van der Waals surface area contributed by atoms with Crippen LogP contribution in [0.1, 0.15) is 37.7 Å². The van der Waals surface area contributed by atoms with Crippen molar-refractivity contribution in [2.45, 2.75) is 44.4 Å². The minimum atomic E-state index is -4.42. The van der Waals surface area contributed by atoms with Gasteiger partial charge in [-0.05, 0) is 80.1 Å². The number of rotatable bonds is 5. The molecule has 1 aliphatic carbocycles. The van der Waals surface area contributed by atoms with Gasteiger partial charge in [-0.2, -0.15) is 13.2 Å². The Hall–Kier alpha value is -2.80. The van der Waals surface area contributed by atoms with Crippen LogP contribution in [0.5, 0.6) is 5.75 Å². The van der Waals surface area contributed by atoms with Gasteiger partial charge in [0, 0.05) is 28.7 Å². The van der Waals surface area contributed by atoms with E-state index < -0.39 is 11.7 Å². The maximum atomic E-state index is 13.1. The van der Waals surface area contributed by atoms with Crippen molar-refractivity contribution in [3.05, 3.63) is 65.3 Å². The molecule has 1 fully saturated rings. The molecule has 0 unspecified atom stereocenters. The Labute approximate surface area is 188 Å². The number of aromatic nitrogens is 1. The number of ether oxygens (including phenoxy) is 1. The smallest absolute Gasteiger partial charge is 0.416 e. The normalized spacial score (nSPS) is 19.0. The van der Waals surface area contributed by atoms with Crippen molar-refractivity contribution in [1.29, 1.82) is 0 Å². The number of alkyl halides is 3. The van der Waals surface area contributed by atoms with Gasteiger partial charge in [-0.1, -0.05) is 11.6 Å². The lowest BCUT2D eigenvalue weighted by Gasteiger charge is -2.29. The van der Waals surface area contributed by atoms with Crippen LogP contribution < -0.4 is 10.1 Å². The monoisotopic (exact) mass is 462 g/mol. The summed E-state index contributed by atoms with van der Waals surface area (Å²) in [5, 5.41) is 3.84. The van der Waals surface area contributed by atoms with E-state index in [1.165, 1.54) is 12.3 Å². The van der Waals surface area contributed by atoms with Crippen LogP contribution in [-0.2, 0) is 11.0 Å². The molecule has 1 saturated carbocycles. The summed E-state index contributed by atoms with van der Waals surface area (Å²) >= 11 is 5.86. The zero-order valence-corrected chi connectivity index (χ0v) is 17.9. The SMILES string of the molecule is O=C(CC1CCC(Oc2ccnc3ccc(C(F)(F)F)cc23)CC1)Nc1ccc(Cl)cc1. The average Bonchev–Trinajstić information content (AvgIpc) is 2.76. The molecule has 1 N–H and O–H groups in total. The second-order valence-electron chi connectivity index (χ2n) is 8.06. The highest BCUT2D eigenvalue weighted by Crippen LogP contribution is 2.36. The summed E-state index contributed by atoms with van der Waals surface area (Å²) in [5.41, 5.74) is 0.445. The topological polar surface area (TPSA) is 51.2 Å². The predicted molar refractivity (Wildman–Crippen MR) is 118 cm³/mol. The fourth-order valence-corrected chi connectivity index (χ4v) is 4.17. The van der Waals surface area contributed by atoms with E-state index >= 15 is 0 Å². The Morgan fingerprint density at radius 3 is 2.47 bits per heavy atom. The van der Waals surface area contributed by atoms with Crippen molar-refractivity contribution in [2.75, 3.05) is 5.32 Å². The fourth-order valence-electron chi connectivity index (χ4n) is 4.04. The summed E-state index contributed by atoms with van der Waals surface area (Å²) < 4.78 is 45.4. The molecule has 2 aromatic carbocycles. The molecule has 0 aliphatic heterocycles. The molecule has 3 aromatic rings. The Morgan fingerprint density at radius 1 is 1.06 bits per heavy atom. The predicted octanol–water partition coefficient (Wildman–Crippen LogP) is 6.87. The Balaban J connectivity index is 1.34. The molecule has 0 atom stereocenters. The zero-order chi connectivity index (χ0) is 22.7. The van der Waals surface area contributed by atoms with Crippen LogP contribution in [0.15, 0.2) is 54.7 Å². The van der Waals surface area contributed by atoms with Gasteiger partial charge in [0.25, 0.3) is 0 Å². The van der Waals surface area contributed by atoms with Crippen LogP contribution in [0.4, 0.5) is 18.9 Å². The van der Waals surface area contributed by atoms with E-state index in [0.29, 0.717) is 33.8 Å². The summed E-state index contributed by atoms with van der Waals surface area (Å²) in [6.45, 7) is 0. The molecule has 4 rings (SSSR count). The summed E-state index contributed by atoms with van der Waals surface area (Å²) in [6.07, 6.45) is 0.534. The van der Waals surface area contributed by atoms with Gasteiger partial charge in [-0.15, -0.1) is 0 Å². The number of hydrogen-bond acceptors (Lipinski definition) is 3. The van der Waals surface area contributed by atoms with Crippen molar-refractivity contribution < 1.29 is 22.7 Å².